The monoisotopic (exact) mass is 601 g/mol. The van der Waals surface area contributed by atoms with E-state index in [-0.39, 0.29) is 23.3 Å². The molecule has 0 spiro atoms. The summed E-state index contributed by atoms with van der Waals surface area (Å²) in [5.74, 6) is -0.594. The van der Waals surface area contributed by atoms with Crippen molar-refractivity contribution in [3.8, 4) is 11.1 Å². The second-order valence-electron chi connectivity index (χ2n) is 10.8. The van der Waals surface area contributed by atoms with Crippen LogP contribution in [0.25, 0.3) is 22.2 Å². The number of benzene rings is 3. The number of hydrogen-bond donors (Lipinski definition) is 2. The SMILES string of the molecule is CC(=O)Nc1cc(-c2c(C)cccc2C)cc2nnc(Nc3ccc(S(=O)(=O)N(CCN4CCCC4)C(C)=O)cc3)nc12. The average Bonchev–Trinajstić information content (AvgIpc) is 3.47. The molecular weight excluding hydrogens is 566 g/mol. The molecule has 1 fully saturated rings. The standard InChI is InChI=1S/C31H35N7O4S/c1-20-8-7-9-21(2)29(20)24-18-27(32-22(3)39)30-28(19-24)35-36-31(34-30)33-25-10-12-26(13-11-25)43(41,42)38(23(4)40)17-16-37-14-5-6-15-37/h7-13,18-19H,5-6,14-17H2,1-4H3,(H,32,39)(H,33,34,36). The molecule has 0 saturated carbocycles. The molecule has 2 heterocycles. The highest BCUT2D eigenvalue weighted by Crippen LogP contribution is 2.33. The van der Waals surface area contributed by atoms with Gasteiger partial charge in [0, 0.05) is 32.6 Å². The Kier molecular flexibility index (Phi) is 8.69. The van der Waals surface area contributed by atoms with Crippen LogP contribution < -0.4 is 10.6 Å². The molecule has 1 aromatic heterocycles. The van der Waals surface area contributed by atoms with E-state index in [0.29, 0.717) is 29.0 Å². The van der Waals surface area contributed by atoms with Gasteiger partial charge in [0.15, 0.2) is 0 Å². The average molecular weight is 602 g/mol. The number of sulfonamides is 1. The smallest absolute Gasteiger partial charge is 0.266 e. The first kappa shape index (κ1) is 30.1. The maximum atomic E-state index is 13.3. The van der Waals surface area contributed by atoms with Gasteiger partial charge in [-0.25, -0.2) is 17.7 Å². The molecule has 0 unspecified atom stereocenters. The lowest BCUT2D eigenvalue weighted by molar-refractivity contribution is -0.124. The third-order valence-corrected chi connectivity index (χ3v) is 9.40. The van der Waals surface area contributed by atoms with Crippen molar-refractivity contribution in [2.75, 3.05) is 36.8 Å². The number of carbonyl (C=O) groups excluding carboxylic acids is 2. The Labute approximate surface area is 251 Å². The molecule has 43 heavy (non-hydrogen) atoms. The molecule has 11 nitrogen and oxygen atoms in total. The fourth-order valence-corrected chi connectivity index (χ4v) is 6.84. The minimum atomic E-state index is -4.02. The van der Waals surface area contributed by atoms with Crippen LogP contribution in [0.1, 0.15) is 37.8 Å². The van der Waals surface area contributed by atoms with Crippen LogP contribution in [0.15, 0.2) is 59.5 Å². The molecule has 5 rings (SSSR count). The van der Waals surface area contributed by atoms with Crippen molar-refractivity contribution in [1.29, 1.82) is 0 Å². The Bertz CT molecular complexity index is 1770. The van der Waals surface area contributed by atoms with Gasteiger partial charge in [-0.05, 0) is 98.4 Å². The van der Waals surface area contributed by atoms with E-state index in [9.17, 15) is 18.0 Å². The topological polar surface area (TPSA) is 137 Å². The van der Waals surface area contributed by atoms with E-state index in [1.54, 1.807) is 12.1 Å². The van der Waals surface area contributed by atoms with Gasteiger partial charge in [-0.15, -0.1) is 10.2 Å². The van der Waals surface area contributed by atoms with Crippen molar-refractivity contribution in [1.82, 2.24) is 24.4 Å². The van der Waals surface area contributed by atoms with Crippen LogP contribution in [0.5, 0.6) is 0 Å². The number of nitrogens with one attached hydrogen (secondary N) is 2. The molecule has 1 saturated heterocycles. The lowest BCUT2D eigenvalue weighted by Gasteiger charge is -2.24. The zero-order chi connectivity index (χ0) is 30.7. The Morgan fingerprint density at radius 2 is 1.63 bits per heavy atom. The van der Waals surface area contributed by atoms with E-state index in [0.717, 1.165) is 52.5 Å². The molecule has 2 N–H and O–H groups in total. The molecule has 12 heteroatoms. The third kappa shape index (κ3) is 6.65. The maximum absolute atomic E-state index is 13.3. The molecule has 0 aliphatic carbocycles. The van der Waals surface area contributed by atoms with Crippen LogP contribution in [0, 0.1) is 13.8 Å². The highest BCUT2D eigenvalue weighted by molar-refractivity contribution is 7.89. The minimum Gasteiger partial charge on any atom is -0.324 e. The van der Waals surface area contributed by atoms with Crippen molar-refractivity contribution in [2.24, 2.45) is 0 Å². The predicted molar refractivity (Wildman–Crippen MR) is 167 cm³/mol. The first-order valence-electron chi connectivity index (χ1n) is 14.2. The van der Waals surface area contributed by atoms with Crippen LogP contribution in [0.3, 0.4) is 0 Å². The number of hydrogen-bond acceptors (Lipinski definition) is 9. The highest BCUT2D eigenvalue weighted by atomic mass is 32.2. The van der Waals surface area contributed by atoms with E-state index in [4.69, 9.17) is 0 Å². The zero-order valence-corrected chi connectivity index (χ0v) is 25.5. The van der Waals surface area contributed by atoms with Crippen molar-refractivity contribution >= 4 is 50.2 Å². The van der Waals surface area contributed by atoms with E-state index in [1.165, 1.54) is 26.0 Å². The molecule has 0 radical (unpaired) electrons. The summed E-state index contributed by atoms with van der Waals surface area (Å²) in [5, 5.41) is 14.5. The lowest BCUT2D eigenvalue weighted by atomic mass is 9.95. The largest absolute Gasteiger partial charge is 0.324 e. The fourth-order valence-electron chi connectivity index (χ4n) is 5.45. The number of likely N-dealkylation sites (tertiary alicyclic amines) is 1. The molecule has 1 aliphatic rings. The van der Waals surface area contributed by atoms with Gasteiger partial charge in [-0.1, -0.05) is 18.2 Å². The van der Waals surface area contributed by atoms with E-state index in [2.05, 4.69) is 30.7 Å². The number of anilines is 3. The Morgan fingerprint density at radius 3 is 2.26 bits per heavy atom. The summed E-state index contributed by atoms with van der Waals surface area (Å²) in [7, 11) is -4.02. The number of rotatable bonds is 9. The maximum Gasteiger partial charge on any atom is 0.266 e. The number of fused-ring (bicyclic) bond motifs is 1. The number of aromatic nitrogens is 3. The molecule has 1 aliphatic heterocycles. The Morgan fingerprint density at radius 1 is 0.953 bits per heavy atom. The van der Waals surface area contributed by atoms with Crippen LogP contribution >= 0.6 is 0 Å². The van der Waals surface area contributed by atoms with Gasteiger partial charge in [-0.2, -0.15) is 0 Å². The van der Waals surface area contributed by atoms with Crippen LogP contribution in [0.4, 0.5) is 17.3 Å². The predicted octanol–water partition coefficient (Wildman–Crippen LogP) is 4.64. The summed E-state index contributed by atoms with van der Waals surface area (Å²) >= 11 is 0. The van der Waals surface area contributed by atoms with Crippen molar-refractivity contribution in [3.05, 3.63) is 65.7 Å². The van der Waals surface area contributed by atoms with Crippen molar-refractivity contribution in [2.45, 2.75) is 45.4 Å². The third-order valence-electron chi connectivity index (χ3n) is 7.51. The molecule has 224 valence electrons. The van der Waals surface area contributed by atoms with Crippen LogP contribution in [-0.2, 0) is 19.6 Å². The molecule has 0 atom stereocenters. The number of nitrogens with zero attached hydrogens (tertiary/aromatic N) is 5. The van der Waals surface area contributed by atoms with Gasteiger partial charge >= 0.3 is 0 Å². The van der Waals surface area contributed by atoms with Gasteiger partial charge in [0.25, 0.3) is 10.0 Å². The van der Waals surface area contributed by atoms with E-state index >= 15 is 0 Å². The Hall–Kier alpha value is -4.42. The summed E-state index contributed by atoms with van der Waals surface area (Å²) in [6, 6.07) is 15.9. The summed E-state index contributed by atoms with van der Waals surface area (Å²) in [5.41, 5.74) is 6.12. The lowest BCUT2D eigenvalue weighted by Crippen LogP contribution is -2.40. The quantitative estimate of drug-likeness (QED) is 0.281. The van der Waals surface area contributed by atoms with Gasteiger partial charge in [0.1, 0.15) is 11.0 Å². The van der Waals surface area contributed by atoms with E-state index in [1.807, 2.05) is 44.2 Å². The van der Waals surface area contributed by atoms with Gasteiger partial charge in [-0.3, -0.25) is 9.59 Å². The summed E-state index contributed by atoms with van der Waals surface area (Å²) in [6.45, 7) is 9.21. The van der Waals surface area contributed by atoms with Crippen LogP contribution in [0.2, 0.25) is 0 Å². The van der Waals surface area contributed by atoms with Gasteiger partial charge in [0.2, 0.25) is 17.8 Å². The highest BCUT2D eigenvalue weighted by Gasteiger charge is 2.27. The van der Waals surface area contributed by atoms with Gasteiger partial charge < -0.3 is 15.5 Å². The van der Waals surface area contributed by atoms with Crippen molar-refractivity contribution < 1.29 is 18.0 Å². The summed E-state index contributed by atoms with van der Waals surface area (Å²) in [6.07, 6.45) is 2.17. The summed E-state index contributed by atoms with van der Waals surface area (Å²) < 4.78 is 27.5. The zero-order valence-electron chi connectivity index (χ0n) is 24.7. The first-order valence-corrected chi connectivity index (χ1v) is 15.6. The first-order chi connectivity index (χ1) is 20.5. The molecule has 2 amide bonds. The van der Waals surface area contributed by atoms with Crippen molar-refractivity contribution in [3.63, 3.8) is 0 Å². The Balaban J connectivity index is 1.40. The van der Waals surface area contributed by atoms with E-state index < -0.39 is 15.9 Å². The second kappa shape index (κ2) is 12.4. The molecule has 3 aromatic carbocycles. The molecule has 4 aromatic rings. The fraction of sp³-hybridized carbons (Fsp3) is 0.323. The van der Waals surface area contributed by atoms with Gasteiger partial charge in [0.05, 0.1) is 10.6 Å². The van der Waals surface area contributed by atoms with Crippen LogP contribution in [-0.4, -0.2) is 70.8 Å². The normalized spacial score (nSPS) is 13.7. The number of aryl methyl sites for hydroxylation is 2. The number of carbonyl (C=O) groups is 2. The molecule has 0 bridgehead atoms. The molecular formula is C31H35N7O4S. The number of amides is 2. The minimum absolute atomic E-state index is 0.0131. The second-order valence-corrected chi connectivity index (χ2v) is 12.6. The summed E-state index contributed by atoms with van der Waals surface area (Å²) in [4.78, 5) is 31.1.